The zero-order valence-electron chi connectivity index (χ0n) is 46.6. The van der Waals surface area contributed by atoms with Crippen LogP contribution in [0.3, 0.4) is 0 Å². The summed E-state index contributed by atoms with van der Waals surface area (Å²) in [4.78, 5) is 57.7. The van der Waals surface area contributed by atoms with Crippen molar-refractivity contribution in [2.45, 2.75) is 20.8 Å². The van der Waals surface area contributed by atoms with E-state index in [1.807, 2.05) is 91.9 Å². The molecule has 0 atom stereocenters. The first-order valence-electron chi connectivity index (χ1n) is 26.6. The number of nitrogens with zero attached hydrogens (tertiary/aromatic N) is 4. The molecule has 13 rings (SSSR count). The van der Waals surface area contributed by atoms with Gasteiger partial charge < -0.3 is 20.2 Å². The Morgan fingerprint density at radius 1 is 0.560 bits per heavy atom. The maximum absolute atomic E-state index is 13.6. The molecule has 0 bridgehead atoms. The molecule has 13 nitrogen and oxygen atoms in total. The number of fused-ring (bicyclic) bond motifs is 5. The van der Waals surface area contributed by atoms with Gasteiger partial charge in [0.2, 0.25) is 0 Å². The average molecular weight is 1130 g/mol. The van der Waals surface area contributed by atoms with Crippen LogP contribution in [0.15, 0.2) is 231 Å². The summed E-state index contributed by atoms with van der Waals surface area (Å²) in [5.74, 6) is 2.89. The molecule has 0 aliphatic carbocycles. The Morgan fingerprint density at radius 3 is 1.64 bits per heavy atom. The molecular formula is C70H57ClN6O7. The molecule has 416 valence electrons. The van der Waals surface area contributed by atoms with Crippen molar-refractivity contribution in [3.63, 3.8) is 0 Å². The Hall–Kier alpha value is -10.8. The van der Waals surface area contributed by atoms with Gasteiger partial charge in [-0.05, 0) is 160 Å². The van der Waals surface area contributed by atoms with Crippen LogP contribution in [0.2, 0.25) is 0 Å². The minimum atomic E-state index is -0.484. The minimum absolute atomic E-state index is 0.0231. The second-order valence-electron chi connectivity index (χ2n) is 19.5. The molecule has 0 spiro atoms. The number of aromatic amines is 1. The number of nitrogen functional groups attached to an aromatic ring is 1. The Balaban J connectivity index is 0.000000135. The van der Waals surface area contributed by atoms with Gasteiger partial charge in [0.05, 0.1) is 41.2 Å². The maximum Gasteiger partial charge on any atom is 0.292 e. The number of imidazole rings is 2. The van der Waals surface area contributed by atoms with Crippen LogP contribution < -0.4 is 15.2 Å². The van der Waals surface area contributed by atoms with Gasteiger partial charge in [-0.1, -0.05) is 146 Å². The number of nitrogens with one attached hydrogen (secondary N) is 1. The van der Waals surface area contributed by atoms with E-state index in [1.54, 1.807) is 80.3 Å². The number of carbonyl (C=O) groups is 3. The topological polar surface area (TPSA) is 185 Å². The van der Waals surface area contributed by atoms with Gasteiger partial charge in [0, 0.05) is 33.9 Å². The third kappa shape index (κ3) is 13.5. The van der Waals surface area contributed by atoms with E-state index >= 15 is 0 Å². The summed E-state index contributed by atoms with van der Waals surface area (Å²) >= 11 is 5.22. The first kappa shape index (κ1) is 57.9. The van der Waals surface area contributed by atoms with Gasteiger partial charge >= 0.3 is 0 Å². The smallest absolute Gasteiger partial charge is 0.292 e. The van der Waals surface area contributed by atoms with Crippen LogP contribution in [-0.4, -0.2) is 56.1 Å². The number of methoxy groups -OCH3 is 2. The zero-order valence-corrected chi connectivity index (χ0v) is 47.4. The standard InChI is InChI=1S/C26H20N2O2.C18H14N2.C11H8O.C8H7ClO2.C7H8N2O2/c1-17-10-15-24-23(16-17)27-25(22-9-5-7-18-6-3-4-8-21(18)22)28(24)26(29)19-11-13-20(30-2)14-12-19;1-12-9-10-16-17(11-12)20-18(19-16)15-8-4-6-13-5-2-3-7-14(13)15;12-8-10-6-3-5-9-4-1-2-7-11(9)10;1-11-7-4-2-6(3-5-7)8(9)10;1-5-2-3-6(8)7(4-5)9(10)11/h3-16H,1-2H3;2-11H,1H3,(H,19,20);1-8H;2-5H,1H3;2-4H,8H2,1H3. The maximum atomic E-state index is 13.6. The Labute approximate surface area is 489 Å². The van der Waals surface area contributed by atoms with Gasteiger partial charge in [0.25, 0.3) is 16.8 Å². The Bertz CT molecular complexity index is 4500. The largest absolute Gasteiger partial charge is 0.497 e. The van der Waals surface area contributed by atoms with E-state index in [4.69, 9.17) is 36.8 Å². The normalized spacial score (nSPS) is 10.5. The molecule has 0 aliphatic rings. The monoisotopic (exact) mass is 1130 g/mol. The lowest BCUT2D eigenvalue weighted by atomic mass is 10.0. The number of anilines is 1. The average Bonchev–Trinajstić information content (AvgIpc) is 4.34. The van der Waals surface area contributed by atoms with Crippen LogP contribution in [0, 0.1) is 30.9 Å². The number of halogens is 1. The lowest BCUT2D eigenvalue weighted by Gasteiger charge is -2.11. The van der Waals surface area contributed by atoms with Crippen LogP contribution in [0.25, 0.3) is 77.2 Å². The number of H-pyrrole nitrogens is 1. The number of hydrogen-bond acceptors (Lipinski definition) is 10. The van der Waals surface area contributed by atoms with Crippen molar-refractivity contribution in [2.75, 3.05) is 20.0 Å². The molecule has 0 aliphatic heterocycles. The number of benzene rings is 11. The number of rotatable bonds is 8. The summed E-state index contributed by atoms with van der Waals surface area (Å²) in [5, 5.41) is 16.6. The molecule has 0 radical (unpaired) electrons. The molecular weight excluding hydrogens is 1070 g/mol. The molecule has 0 unspecified atom stereocenters. The second kappa shape index (κ2) is 26.7. The van der Waals surface area contributed by atoms with Crippen LogP contribution in [-0.2, 0) is 0 Å². The summed E-state index contributed by atoms with van der Waals surface area (Å²) in [6, 6.07) is 73.4. The number of ether oxygens (including phenoxy) is 2. The molecule has 84 heavy (non-hydrogen) atoms. The predicted molar refractivity (Wildman–Crippen MR) is 339 cm³/mol. The highest BCUT2D eigenvalue weighted by Crippen LogP contribution is 2.33. The number of hydrogen-bond donors (Lipinski definition) is 2. The fourth-order valence-electron chi connectivity index (χ4n) is 9.43. The van der Waals surface area contributed by atoms with Crippen molar-refractivity contribution in [3.05, 3.63) is 274 Å². The summed E-state index contributed by atoms with van der Waals surface area (Å²) in [5.41, 5.74) is 16.3. The van der Waals surface area contributed by atoms with E-state index in [0.717, 1.165) is 83.5 Å². The van der Waals surface area contributed by atoms with Crippen molar-refractivity contribution in [3.8, 4) is 34.3 Å². The SMILES string of the molecule is COc1ccc(C(=O)Cl)cc1.COc1ccc(C(=O)n2c(-c3cccc4ccccc34)nc3cc(C)ccc32)cc1.Cc1ccc(N)c([N+](=O)[O-])c1.Cc1ccc2nc(-c3cccc4ccccc34)[nH]c2c1.O=Cc1cccc2ccccc12. The Kier molecular flexibility index (Phi) is 18.4. The lowest BCUT2D eigenvalue weighted by molar-refractivity contribution is -0.383. The zero-order chi connectivity index (χ0) is 59.3. The highest BCUT2D eigenvalue weighted by Gasteiger charge is 2.21. The predicted octanol–water partition coefficient (Wildman–Crippen LogP) is 16.8. The second-order valence-corrected chi connectivity index (χ2v) is 19.8. The Morgan fingerprint density at radius 2 is 1.06 bits per heavy atom. The number of nitro benzene ring substituents is 1. The van der Waals surface area contributed by atoms with Gasteiger partial charge in [0.1, 0.15) is 28.8 Å². The number of carbonyl (C=O) groups excluding carboxylic acids is 3. The molecule has 11 aromatic carbocycles. The highest BCUT2D eigenvalue weighted by atomic mass is 35.5. The first-order valence-corrected chi connectivity index (χ1v) is 27.0. The van der Waals surface area contributed by atoms with E-state index in [0.29, 0.717) is 28.5 Å². The first-order chi connectivity index (χ1) is 40.7. The van der Waals surface area contributed by atoms with Crippen molar-refractivity contribution >= 4 is 94.8 Å². The van der Waals surface area contributed by atoms with E-state index < -0.39 is 10.2 Å². The van der Waals surface area contributed by atoms with Crippen molar-refractivity contribution in [1.82, 2.24) is 19.5 Å². The summed E-state index contributed by atoms with van der Waals surface area (Å²) in [6.45, 7) is 5.91. The van der Waals surface area contributed by atoms with Gasteiger partial charge in [-0.3, -0.25) is 29.1 Å². The fraction of sp³-hybridized carbons (Fsp3) is 0.0714. The molecule has 3 N–H and O–H groups in total. The summed E-state index contributed by atoms with van der Waals surface area (Å²) in [7, 11) is 3.18. The lowest BCUT2D eigenvalue weighted by Crippen LogP contribution is -2.13. The van der Waals surface area contributed by atoms with Crippen molar-refractivity contribution < 1.29 is 28.8 Å². The molecule has 14 heteroatoms. The van der Waals surface area contributed by atoms with Crippen LogP contribution in [0.1, 0.15) is 47.8 Å². The number of nitrogens with two attached hydrogens (primary N) is 1. The van der Waals surface area contributed by atoms with Gasteiger partial charge in [-0.2, -0.15) is 0 Å². The van der Waals surface area contributed by atoms with Crippen LogP contribution in [0.5, 0.6) is 11.5 Å². The fourth-order valence-corrected chi connectivity index (χ4v) is 9.56. The molecule has 2 heterocycles. The molecule has 0 saturated heterocycles. The summed E-state index contributed by atoms with van der Waals surface area (Å²) < 4.78 is 11.8. The number of aryl methyl sites for hydroxylation is 3. The van der Waals surface area contributed by atoms with Gasteiger partial charge in [-0.25, -0.2) is 9.97 Å². The summed E-state index contributed by atoms with van der Waals surface area (Å²) in [6.07, 6.45) is 0.891. The van der Waals surface area contributed by atoms with E-state index in [9.17, 15) is 24.5 Å². The van der Waals surface area contributed by atoms with Gasteiger partial charge in [-0.15, -0.1) is 0 Å². The highest BCUT2D eigenvalue weighted by molar-refractivity contribution is 6.67. The van der Waals surface area contributed by atoms with Crippen LogP contribution >= 0.6 is 11.6 Å². The number of aldehydes is 1. The molecule has 13 aromatic rings. The third-order valence-corrected chi connectivity index (χ3v) is 13.9. The van der Waals surface area contributed by atoms with Crippen LogP contribution in [0.4, 0.5) is 11.4 Å². The van der Waals surface area contributed by atoms with E-state index in [-0.39, 0.29) is 17.3 Å². The molecule has 0 amide bonds. The quantitative estimate of drug-likeness (QED) is 0.0488. The molecule has 2 aromatic heterocycles. The van der Waals surface area contributed by atoms with E-state index in [2.05, 4.69) is 90.8 Å². The third-order valence-electron chi connectivity index (χ3n) is 13.7. The van der Waals surface area contributed by atoms with E-state index in [1.165, 1.54) is 28.5 Å². The van der Waals surface area contributed by atoms with Crippen molar-refractivity contribution in [1.29, 1.82) is 0 Å². The number of nitro groups is 1. The molecule has 0 saturated carbocycles. The van der Waals surface area contributed by atoms with Gasteiger partial charge in [0.15, 0.2) is 6.29 Å². The molecule has 0 fully saturated rings. The minimum Gasteiger partial charge on any atom is -0.497 e. The number of aromatic nitrogens is 4. The van der Waals surface area contributed by atoms with Crippen molar-refractivity contribution in [2.24, 2.45) is 0 Å².